The van der Waals surface area contributed by atoms with Crippen molar-refractivity contribution < 1.29 is 4.79 Å². The number of aromatic nitrogens is 1. The molecule has 1 unspecified atom stereocenters. The molecule has 1 fully saturated rings. The van der Waals surface area contributed by atoms with Crippen molar-refractivity contribution in [3.05, 3.63) is 36.0 Å². The van der Waals surface area contributed by atoms with Crippen LogP contribution in [0.5, 0.6) is 0 Å². The molecule has 1 N–H and O–H groups in total. The van der Waals surface area contributed by atoms with E-state index in [1.807, 2.05) is 30.5 Å². The molecule has 2 aromatic rings. The Bertz CT molecular complexity index is 634. The van der Waals surface area contributed by atoms with Gasteiger partial charge in [0.15, 0.2) is 0 Å². The highest BCUT2D eigenvalue weighted by molar-refractivity contribution is 6.06. The van der Waals surface area contributed by atoms with E-state index >= 15 is 0 Å². The average molecular weight is 285 g/mol. The lowest BCUT2D eigenvalue weighted by molar-refractivity contribution is 0.0678. The van der Waals surface area contributed by atoms with Gasteiger partial charge in [0, 0.05) is 41.8 Å². The molecular formula is C17H23N3O. The van der Waals surface area contributed by atoms with Crippen LogP contribution < -0.4 is 0 Å². The van der Waals surface area contributed by atoms with Crippen molar-refractivity contribution in [1.29, 1.82) is 0 Å². The monoisotopic (exact) mass is 285 g/mol. The van der Waals surface area contributed by atoms with Crippen LogP contribution in [0.1, 0.15) is 30.1 Å². The van der Waals surface area contributed by atoms with Crippen LogP contribution in [0.2, 0.25) is 0 Å². The quantitative estimate of drug-likeness (QED) is 0.921. The number of carbonyl (C=O) groups excluding carboxylic acids is 1. The fourth-order valence-corrected chi connectivity index (χ4v) is 3.29. The Morgan fingerprint density at radius 2 is 2.19 bits per heavy atom. The zero-order chi connectivity index (χ0) is 14.8. The number of benzene rings is 1. The second-order valence-electron chi connectivity index (χ2n) is 5.92. The van der Waals surface area contributed by atoms with Crippen LogP contribution in [-0.4, -0.2) is 53.4 Å². The number of nitrogens with one attached hydrogen (secondary N) is 1. The highest BCUT2D eigenvalue weighted by Crippen LogP contribution is 2.22. The molecule has 1 amide bonds. The van der Waals surface area contributed by atoms with Gasteiger partial charge >= 0.3 is 0 Å². The van der Waals surface area contributed by atoms with Gasteiger partial charge in [0.05, 0.1) is 0 Å². The molecule has 0 spiro atoms. The van der Waals surface area contributed by atoms with E-state index in [0.717, 1.165) is 48.9 Å². The van der Waals surface area contributed by atoms with Gasteiger partial charge in [-0.15, -0.1) is 0 Å². The minimum Gasteiger partial charge on any atom is -0.361 e. The van der Waals surface area contributed by atoms with E-state index < -0.39 is 0 Å². The first-order valence-electron chi connectivity index (χ1n) is 7.76. The normalized spacial score (nSPS) is 20.7. The highest BCUT2D eigenvalue weighted by Gasteiger charge is 2.27. The Hall–Kier alpha value is -1.81. The van der Waals surface area contributed by atoms with Crippen LogP contribution in [0.25, 0.3) is 10.9 Å². The highest BCUT2D eigenvalue weighted by atomic mass is 16.2. The third-order valence-corrected chi connectivity index (χ3v) is 4.46. The molecule has 4 nitrogen and oxygen atoms in total. The zero-order valence-electron chi connectivity index (χ0n) is 12.8. The molecule has 1 aliphatic heterocycles. The SMILES string of the molecule is CCC1CN(C)CCCN1C(=O)c1cccc2[nH]ccc12. The Morgan fingerprint density at radius 1 is 1.33 bits per heavy atom. The maximum absolute atomic E-state index is 13.0. The molecule has 0 aliphatic carbocycles. The molecule has 112 valence electrons. The van der Waals surface area contributed by atoms with E-state index in [-0.39, 0.29) is 5.91 Å². The summed E-state index contributed by atoms with van der Waals surface area (Å²) in [5.74, 6) is 0.169. The minimum atomic E-state index is 0.169. The number of carbonyl (C=O) groups is 1. The van der Waals surface area contributed by atoms with Crippen molar-refractivity contribution in [2.45, 2.75) is 25.8 Å². The maximum atomic E-state index is 13.0. The zero-order valence-corrected chi connectivity index (χ0v) is 12.8. The second kappa shape index (κ2) is 5.90. The van der Waals surface area contributed by atoms with Crippen LogP contribution in [0, 0.1) is 0 Å². The Labute approximate surface area is 125 Å². The van der Waals surface area contributed by atoms with Crippen molar-refractivity contribution in [3.8, 4) is 0 Å². The van der Waals surface area contributed by atoms with Crippen molar-refractivity contribution in [1.82, 2.24) is 14.8 Å². The summed E-state index contributed by atoms with van der Waals surface area (Å²) in [5.41, 5.74) is 1.84. The number of likely N-dealkylation sites (N-methyl/N-ethyl adjacent to an activating group) is 1. The first-order chi connectivity index (χ1) is 10.2. The summed E-state index contributed by atoms with van der Waals surface area (Å²) in [5, 5.41) is 1.02. The van der Waals surface area contributed by atoms with Gasteiger partial charge in [0.2, 0.25) is 0 Å². The molecule has 1 saturated heterocycles. The van der Waals surface area contributed by atoms with Crippen LogP contribution in [-0.2, 0) is 0 Å². The fourth-order valence-electron chi connectivity index (χ4n) is 3.29. The molecule has 21 heavy (non-hydrogen) atoms. The molecule has 1 aliphatic rings. The Morgan fingerprint density at radius 3 is 3.00 bits per heavy atom. The summed E-state index contributed by atoms with van der Waals surface area (Å²) < 4.78 is 0. The fraction of sp³-hybridized carbons (Fsp3) is 0.471. The molecule has 0 saturated carbocycles. The first kappa shape index (κ1) is 14.1. The van der Waals surface area contributed by atoms with E-state index in [4.69, 9.17) is 0 Å². The summed E-state index contributed by atoms with van der Waals surface area (Å²) in [4.78, 5) is 20.6. The van der Waals surface area contributed by atoms with E-state index in [2.05, 4.69) is 28.8 Å². The number of H-pyrrole nitrogens is 1. The van der Waals surface area contributed by atoms with E-state index in [0.29, 0.717) is 6.04 Å². The van der Waals surface area contributed by atoms with Crippen molar-refractivity contribution in [3.63, 3.8) is 0 Å². The third kappa shape index (κ3) is 2.68. The van der Waals surface area contributed by atoms with Gasteiger partial charge in [-0.1, -0.05) is 13.0 Å². The number of hydrogen-bond donors (Lipinski definition) is 1. The molecule has 0 radical (unpaired) electrons. The molecule has 2 heterocycles. The first-order valence-corrected chi connectivity index (χ1v) is 7.76. The largest absolute Gasteiger partial charge is 0.361 e. The average Bonchev–Trinajstić information content (AvgIpc) is 2.89. The van der Waals surface area contributed by atoms with Crippen LogP contribution in [0.4, 0.5) is 0 Å². The number of aromatic amines is 1. The molecule has 3 rings (SSSR count). The predicted octanol–water partition coefficient (Wildman–Crippen LogP) is 2.72. The van der Waals surface area contributed by atoms with Crippen LogP contribution in [0.3, 0.4) is 0 Å². The summed E-state index contributed by atoms with van der Waals surface area (Å²) in [7, 11) is 2.14. The molecule has 0 bridgehead atoms. The maximum Gasteiger partial charge on any atom is 0.254 e. The van der Waals surface area contributed by atoms with Crippen LogP contribution >= 0.6 is 0 Å². The number of hydrogen-bond acceptors (Lipinski definition) is 2. The second-order valence-corrected chi connectivity index (χ2v) is 5.92. The number of rotatable bonds is 2. The third-order valence-electron chi connectivity index (χ3n) is 4.46. The smallest absolute Gasteiger partial charge is 0.254 e. The lowest BCUT2D eigenvalue weighted by atomic mass is 10.1. The molecular weight excluding hydrogens is 262 g/mol. The predicted molar refractivity (Wildman–Crippen MR) is 85.5 cm³/mol. The summed E-state index contributed by atoms with van der Waals surface area (Å²) in [6, 6.07) is 8.21. The summed E-state index contributed by atoms with van der Waals surface area (Å²) in [6.45, 7) is 5.05. The lowest BCUT2D eigenvalue weighted by Crippen LogP contribution is -2.43. The van der Waals surface area contributed by atoms with Crippen molar-refractivity contribution >= 4 is 16.8 Å². The molecule has 1 atom stereocenters. The van der Waals surface area contributed by atoms with E-state index in [1.165, 1.54) is 0 Å². The topological polar surface area (TPSA) is 39.3 Å². The van der Waals surface area contributed by atoms with Gasteiger partial charge in [-0.3, -0.25) is 4.79 Å². The van der Waals surface area contributed by atoms with Gasteiger partial charge in [-0.05, 0) is 44.6 Å². The number of nitrogens with zero attached hydrogens (tertiary/aromatic N) is 2. The molecule has 4 heteroatoms. The number of fused-ring (bicyclic) bond motifs is 1. The van der Waals surface area contributed by atoms with Gasteiger partial charge in [0.25, 0.3) is 5.91 Å². The number of amides is 1. The summed E-state index contributed by atoms with van der Waals surface area (Å²) >= 11 is 0. The standard InChI is InChI=1S/C17H23N3O/c1-3-13-12-19(2)10-5-11-20(13)17(21)15-6-4-7-16-14(15)8-9-18-16/h4,6-9,13,18H,3,5,10-12H2,1-2H3. The Balaban J connectivity index is 1.94. The lowest BCUT2D eigenvalue weighted by Gasteiger charge is -2.30. The van der Waals surface area contributed by atoms with Gasteiger partial charge in [-0.25, -0.2) is 0 Å². The molecule has 1 aromatic heterocycles. The van der Waals surface area contributed by atoms with Crippen molar-refractivity contribution in [2.24, 2.45) is 0 Å². The van der Waals surface area contributed by atoms with Crippen LogP contribution in [0.15, 0.2) is 30.5 Å². The van der Waals surface area contributed by atoms with Crippen molar-refractivity contribution in [2.75, 3.05) is 26.7 Å². The van der Waals surface area contributed by atoms with Gasteiger partial charge in [-0.2, -0.15) is 0 Å². The van der Waals surface area contributed by atoms with Gasteiger partial charge < -0.3 is 14.8 Å². The summed E-state index contributed by atoms with van der Waals surface area (Å²) in [6.07, 6.45) is 3.94. The van der Waals surface area contributed by atoms with E-state index in [1.54, 1.807) is 0 Å². The Kier molecular flexibility index (Phi) is 3.97. The van der Waals surface area contributed by atoms with E-state index in [9.17, 15) is 4.79 Å². The molecule has 1 aromatic carbocycles. The minimum absolute atomic E-state index is 0.169. The van der Waals surface area contributed by atoms with Gasteiger partial charge in [0.1, 0.15) is 0 Å².